The van der Waals surface area contributed by atoms with E-state index in [0.717, 1.165) is 97.5 Å². The molecule has 1 unspecified atom stereocenters. The van der Waals surface area contributed by atoms with Gasteiger partial charge in [-0.25, -0.2) is 0 Å². The summed E-state index contributed by atoms with van der Waals surface area (Å²) in [4.78, 5) is 14.3. The fourth-order valence-electron chi connectivity index (χ4n) is 7.05. The maximum absolute atomic E-state index is 11.8. The highest BCUT2D eigenvalue weighted by Gasteiger charge is 2.39. The summed E-state index contributed by atoms with van der Waals surface area (Å²) in [5, 5.41) is 10.8. The number of terminal acetylenes is 1. The molecule has 2 aliphatic heterocycles. The second kappa shape index (κ2) is 12.4. The first kappa shape index (κ1) is 28.6. The van der Waals surface area contributed by atoms with Crippen molar-refractivity contribution in [3.05, 3.63) is 58.8 Å². The number of furan rings is 1. The molecule has 1 aliphatic carbocycles. The number of aryl methyl sites for hydroxylation is 1. The number of piperidine rings is 1. The Morgan fingerprint density at radius 3 is 2.67 bits per heavy atom. The Morgan fingerprint density at radius 1 is 1.14 bits per heavy atom. The summed E-state index contributed by atoms with van der Waals surface area (Å²) >= 11 is 0. The maximum atomic E-state index is 11.8. The van der Waals surface area contributed by atoms with E-state index in [2.05, 4.69) is 29.0 Å². The van der Waals surface area contributed by atoms with E-state index in [1.807, 2.05) is 25.1 Å². The highest BCUT2D eigenvalue weighted by Crippen LogP contribution is 2.48. The average molecular weight is 572 g/mol. The number of aliphatic carboxylic acids is 1. The normalized spacial score (nSPS) is 20.8. The van der Waals surface area contributed by atoms with Crippen molar-refractivity contribution >= 4 is 16.9 Å². The predicted molar refractivity (Wildman–Crippen MR) is 161 cm³/mol. The molecule has 7 nitrogen and oxygen atoms in total. The van der Waals surface area contributed by atoms with Gasteiger partial charge in [0.25, 0.3) is 0 Å². The Bertz CT molecular complexity index is 1460. The highest BCUT2D eigenvalue weighted by molar-refractivity contribution is 5.83. The zero-order valence-electron chi connectivity index (χ0n) is 24.6. The van der Waals surface area contributed by atoms with Crippen LogP contribution in [0.1, 0.15) is 67.4 Å². The number of carboxylic acid groups (broad SMARTS) is 1. The monoisotopic (exact) mass is 571 g/mol. The first-order valence-corrected chi connectivity index (χ1v) is 15.3. The third-order valence-corrected chi connectivity index (χ3v) is 9.50. The minimum absolute atomic E-state index is 0.0576. The van der Waals surface area contributed by atoms with Crippen molar-refractivity contribution in [2.75, 3.05) is 26.8 Å². The number of methoxy groups -OCH3 is 1. The first-order valence-electron chi connectivity index (χ1n) is 15.3. The minimum Gasteiger partial charge on any atom is -0.496 e. The molecule has 3 heterocycles. The van der Waals surface area contributed by atoms with E-state index in [4.69, 9.17) is 25.1 Å². The van der Waals surface area contributed by atoms with Gasteiger partial charge in [-0.3, -0.25) is 9.69 Å². The fraction of sp³-hybridized carbons (Fsp3) is 0.514. The van der Waals surface area contributed by atoms with Gasteiger partial charge in [-0.15, -0.1) is 6.42 Å². The molecule has 7 heteroatoms. The average Bonchev–Trinajstić information content (AvgIpc) is 3.75. The van der Waals surface area contributed by atoms with Gasteiger partial charge in [0.15, 0.2) is 0 Å². The van der Waals surface area contributed by atoms with E-state index in [-0.39, 0.29) is 18.6 Å². The molecule has 42 heavy (non-hydrogen) atoms. The standard InChI is InChI=1S/C35H41NO6/c1-4-17-40-21-28-18-27-10-12-31(39-3)29(34(27)41-28)20-36-15-13-24(14-16-36)30-11-9-23-5-8-26(19-32(23)42-30)33(25-6-7-25)22(2)35(37)38/h1,5,8,10,12,18-19,22,24-25,30,33H,6-7,9,11,13-17,20-21H2,2-3H3,(H,37,38)/t22-,30?,33-/m0/s1. The number of hydrogen-bond acceptors (Lipinski definition) is 6. The van der Waals surface area contributed by atoms with Crippen LogP contribution in [-0.2, 0) is 29.1 Å². The number of hydrogen-bond donors (Lipinski definition) is 1. The molecular formula is C35H41NO6. The Balaban J connectivity index is 1.10. The van der Waals surface area contributed by atoms with Gasteiger partial charge >= 0.3 is 5.97 Å². The van der Waals surface area contributed by atoms with Gasteiger partial charge in [0.05, 0.1) is 18.6 Å². The molecule has 1 saturated heterocycles. The van der Waals surface area contributed by atoms with Crippen molar-refractivity contribution in [1.82, 2.24) is 4.90 Å². The van der Waals surface area contributed by atoms with E-state index in [1.54, 1.807) is 7.11 Å². The van der Waals surface area contributed by atoms with Crippen LogP contribution in [-0.4, -0.2) is 48.9 Å². The predicted octanol–water partition coefficient (Wildman–Crippen LogP) is 6.41. The largest absolute Gasteiger partial charge is 0.496 e. The van der Waals surface area contributed by atoms with Crippen molar-refractivity contribution in [2.24, 2.45) is 17.8 Å². The molecule has 3 aliphatic rings. The van der Waals surface area contributed by atoms with Crippen LogP contribution in [0, 0.1) is 30.1 Å². The van der Waals surface area contributed by atoms with Crippen LogP contribution < -0.4 is 9.47 Å². The number of ether oxygens (including phenoxy) is 3. The Kier molecular flexibility index (Phi) is 8.46. The summed E-state index contributed by atoms with van der Waals surface area (Å²) in [5.74, 6) is 4.96. The third kappa shape index (κ3) is 6.02. The van der Waals surface area contributed by atoms with Crippen molar-refractivity contribution in [3.63, 3.8) is 0 Å². The molecule has 3 aromatic rings. The quantitative estimate of drug-likeness (QED) is 0.210. The molecule has 1 N–H and O–H groups in total. The molecule has 3 atom stereocenters. The number of rotatable bonds is 11. The fourth-order valence-corrected chi connectivity index (χ4v) is 7.05. The molecule has 6 rings (SSSR count). The van der Waals surface area contributed by atoms with E-state index in [9.17, 15) is 9.90 Å². The molecule has 1 aromatic heterocycles. The Morgan fingerprint density at radius 2 is 1.95 bits per heavy atom. The van der Waals surface area contributed by atoms with Crippen LogP contribution in [0.2, 0.25) is 0 Å². The molecule has 2 aromatic carbocycles. The summed E-state index contributed by atoms with van der Waals surface area (Å²) in [7, 11) is 1.70. The summed E-state index contributed by atoms with van der Waals surface area (Å²) in [6.07, 6.45) is 11.9. The molecule has 222 valence electrons. The van der Waals surface area contributed by atoms with Gasteiger partial charge in [0.1, 0.15) is 42.2 Å². The molecule has 0 spiro atoms. The Labute approximate surface area is 248 Å². The summed E-state index contributed by atoms with van der Waals surface area (Å²) in [6.45, 7) is 5.17. The number of carbonyl (C=O) groups is 1. The van der Waals surface area contributed by atoms with Gasteiger partial charge in [-0.05, 0) is 105 Å². The van der Waals surface area contributed by atoms with Crippen LogP contribution in [0.3, 0.4) is 0 Å². The number of carboxylic acids is 1. The lowest BCUT2D eigenvalue weighted by atomic mass is 9.81. The zero-order valence-corrected chi connectivity index (χ0v) is 24.6. The van der Waals surface area contributed by atoms with Crippen LogP contribution in [0.4, 0.5) is 0 Å². The molecule has 0 radical (unpaired) electrons. The molecule has 1 saturated carbocycles. The summed E-state index contributed by atoms with van der Waals surface area (Å²) in [5.41, 5.74) is 4.27. The summed E-state index contributed by atoms with van der Waals surface area (Å²) < 4.78 is 24.1. The number of nitrogens with zero attached hydrogens (tertiary/aromatic N) is 1. The lowest BCUT2D eigenvalue weighted by Gasteiger charge is -2.38. The van der Waals surface area contributed by atoms with Crippen molar-refractivity contribution in [1.29, 1.82) is 0 Å². The molecule has 0 amide bonds. The van der Waals surface area contributed by atoms with Crippen molar-refractivity contribution < 1.29 is 28.5 Å². The smallest absolute Gasteiger partial charge is 0.306 e. The molecular weight excluding hydrogens is 530 g/mol. The second-order valence-electron chi connectivity index (χ2n) is 12.2. The number of benzene rings is 2. The van der Waals surface area contributed by atoms with Crippen molar-refractivity contribution in [2.45, 2.75) is 70.6 Å². The van der Waals surface area contributed by atoms with Crippen LogP contribution >= 0.6 is 0 Å². The molecule has 2 fully saturated rings. The van der Waals surface area contributed by atoms with Crippen LogP contribution in [0.15, 0.2) is 40.8 Å². The van der Waals surface area contributed by atoms with Crippen molar-refractivity contribution in [3.8, 4) is 23.8 Å². The lowest BCUT2D eigenvalue weighted by Crippen LogP contribution is -2.40. The van der Waals surface area contributed by atoms with Gasteiger partial charge in [0, 0.05) is 11.9 Å². The van der Waals surface area contributed by atoms with Gasteiger partial charge in [0.2, 0.25) is 0 Å². The topological polar surface area (TPSA) is 81.4 Å². The van der Waals surface area contributed by atoms with Gasteiger partial charge < -0.3 is 23.7 Å². The summed E-state index contributed by atoms with van der Waals surface area (Å²) in [6, 6.07) is 12.5. The Hall–Kier alpha value is -3.47. The third-order valence-electron chi connectivity index (χ3n) is 9.50. The van der Waals surface area contributed by atoms with Crippen LogP contribution in [0.5, 0.6) is 11.5 Å². The van der Waals surface area contributed by atoms with Gasteiger partial charge in [-0.1, -0.05) is 25.0 Å². The van der Waals surface area contributed by atoms with E-state index in [1.165, 1.54) is 5.56 Å². The maximum Gasteiger partial charge on any atom is 0.306 e. The first-order chi connectivity index (χ1) is 20.4. The van der Waals surface area contributed by atoms with E-state index < -0.39 is 11.9 Å². The minimum atomic E-state index is -0.717. The SMILES string of the molecule is C#CCOCc1cc2ccc(OC)c(CN3CCC(C4CCc5ccc([C@H](C6CC6)[C@H](C)C(=O)O)cc5O4)CC3)c2o1. The van der Waals surface area contributed by atoms with E-state index >= 15 is 0 Å². The van der Waals surface area contributed by atoms with Crippen LogP contribution in [0.25, 0.3) is 11.0 Å². The second-order valence-corrected chi connectivity index (χ2v) is 12.2. The van der Waals surface area contributed by atoms with E-state index in [0.29, 0.717) is 18.4 Å². The highest BCUT2D eigenvalue weighted by atomic mass is 16.5. The zero-order chi connectivity index (χ0) is 29.2. The number of likely N-dealkylation sites (tertiary alicyclic amines) is 1. The number of fused-ring (bicyclic) bond motifs is 2. The lowest BCUT2D eigenvalue weighted by molar-refractivity contribution is -0.142. The molecule has 0 bridgehead atoms. The van der Waals surface area contributed by atoms with Gasteiger partial charge in [-0.2, -0.15) is 0 Å².